The first-order valence-electron chi connectivity index (χ1n) is 5.50. The maximum Gasteiger partial charge on any atom is 0.211 e. The van der Waals surface area contributed by atoms with E-state index >= 15 is 0 Å². The lowest BCUT2D eigenvalue weighted by Gasteiger charge is -2.01. The molecule has 0 aliphatic carbocycles. The van der Waals surface area contributed by atoms with Crippen LogP contribution in [-0.4, -0.2) is 23.0 Å². The van der Waals surface area contributed by atoms with E-state index in [1.807, 2.05) is 31.2 Å². The molecular formula is C13H17BrOS. The third kappa shape index (κ3) is 3.63. The molecule has 1 saturated heterocycles. The lowest BCUT2D eigenvalue weighted by molar-refractivity contribution is -0.0000110. The molecule has 0 aromatic heterocycles. The van der Waals surface area contributed by atoms with Crippen molar-refractivity contribution in [3.63, 3.8) is 0 Å². The minimum Gasteiger partial charge on any atom is -1.00 e. The Morgan fingerprint density at radius 2 is 1.75 bits per heavy atom. The van der Waals surface area contributed by atoms with E-state index < -0.39 is 0 Å². The molecule has 88 valence electrons. The first kappa shape index (κ1) is 13.8. The summed E-state index contributed by atoms with van der Waals surface area (Å²) in [5.74, 6) is 3.67. The van der Waals surface area contributed by atoms with Gasteiger partial charge in [-0.15, -0.1) is 0 Å². The van der Waals surface area contributed by atoms with Gasteiger partial charge < -0.3 is 17.0 Å². The lowest BCUT2D eigenvalue weighted by atomic mass is 10.1. The lowest BCUT2D eigenvalue weighted by Crippen LogP contribution is -3.00. The van der Waals surface area contributed by atoms with Crippen LogP contribution < -0.4 is 17.0 Å². The number of hydrogen-bond donors (Lipinski definition) is 0. The summed E-state index contributed by atoms with van der Waals surface area (Å²) < 4.78 is 0. The SMILES string of the molecule is Cc1ccc(C(=O)C[S+]2CCCC2)cc1.[Br-]. The van der Waals surface area contributed by atoms with E-state index in [4.69, 9.17) is 0 Å². The molecule has 1 heterocycles. The smallest absolute Gasteiger partial charge is 0.211 e. The fraction of sp³-hybridized carbons (Fsp3) is 0.462. The van der Waals surface area contributed by atoms with Gasteiger partial charge in [0.1, 0.15) is 11.5 Å². The van der Waals surface area contributed by atoms with Crippen LogP contribution >= 0.6 is 0 Å². The van der Waals surface area contributed by atoms with Crippen molar-refractivity contribution in [3.8, 4) is 0 Å². The number of hydrogen-bond acceptors (Lipinski definition) is 1. The highest BCUT2D eigenvalue weighted by Gasteiger charge is 2.27. The fourth-order valence-electron chi connectivity index (χ4n) is 1.87. The monoisotopic (exact) mass is 300 g/mol. The Bertz CT molecular complexity index is 341. The normalized spacial score (nSPS) is 15.8. The van der Waals surface area contributed by atoms with Crippen molar-refractivity contribution in [1.29, 1.82) is 0 Å². The zero-order valence-electron chi connectivity index (χ0n) is 9.54. The number of carbonyl (C=O) groups is 1. The first-order valence-corrected chi connectivity index (χ1v) is 7.23. The highest BCUT2D eigenvalue weighted by molar-refractivity contribution is 7.97. The van der Waals surface area contributed by atoms with E-state index in [0.717, 1.165) is 11.3 Å². The molecule has 1 nitrogen and oxygen atoms in total. The van der Waals surface area contributed by atoms with Crippen LogP contribution in [0.3, 0.4) is 0 Å². The number of rotatable bonds is 3. The molecule has 2 rings (SSSR count). The molecule has 0 unspecified atom stereocenters. The second kappa shape index (κ2) is 6.45. The van der Waals surface area contributed by atoms with Crippen LogP contribution in [0.25, 0.3) is 0 Å². The summed E-state index contributed by atoms with van der Waals surface area (Å²) in [5, 5.41) is 0. The van der Waals surface area contributed by atoms with Crippen LogP contribution in [0.2, 0.25) is 0 Å². The molecule has 0 N–H and O–H groups in total. The van der Waals surface area contributed by atoms with Gasteiger partial charge in [0.15, 0.2) is 5.75 Å². The number of halogens is 1. The predicted octanol–water partition coefficient (Wildman–Crippen LogP) is -0.406. The Kier molecular flexibility index (Phi) is 5.56. The molecule has 1 aromatic carbocycles. The molecule has 0 atom stereocenters. The number of ketones is 1. The number of aryl methyl sites for hydroxylation is 1. The van der Waals surface area contributed by atoms with Crippen LogP contribution in [0.4, 0.5) is 0 Å². The van der Waals surface area contributed by atoms with Gasteiger partial charge in [0.25, 0.3) is 0 Å². The van der Waals surface area contributed by atoms with Crippen LogP contribution in [-0.2, 0) is 10.9 Å². The molecule has 1 fully saturated rings. The Morgan fingerprint density at radius 1 is 1.19 bits per heavy atom. The zero-order valence-corrected chi connectivity index (χ0v) is 11.9. The molecule has 1 aliphatic rings. The zero-order chi connectivity index (χ0) is 10.7. The van der Waals surface area contributed by atoms with Crippen molar-refractivity contribution in [3.05, 3.63) is 35.4 Å². The minimum absolute atomic E-state index is 0. The van der Waals surface area contributed by atoms with Gasteiger partial charge in [0.05, 0.1) is 0 Å². The first-order chi connectivity index (χ1) is 7.25. The Labute approximate surface area is 111 Å². The van der Waals surface area contributed by atoms with E-state index in [0.29, 0.717) is 16.7 Å². The van der Waals surface area contributed by atoms with Gasteiger partial charge in [-0.25, -0.2) is 0 Å². The van der Waals surface area contributed by atoms with E-state index in [9.17, 15) is 4.79 Å². The molecule has 0 amide bonds. The maximum atomic E-state index is 11.9. The van der Waals surface area contributed by atoms with Crippen LogP contribution in [0.1, 0.15) is 28.8 Å². The van der Waals surface area contributed by atoms with Gasteiger partial charge in [0.2, 0.25) is 5.78 Å². The highest BCUT2D eigenvalue weighted by atomic mass is 79.9. The molecule has 0 radical (unpaired) electrons. The largest absolute Gasteiger partial charge is 1.00 e. The van der Waals surface area contributed by atoms with E-state index in [-0.39, 0.29) is 17.0 Å². The van der Waals surface area contributed by atoms with E-state index in [1.54, 1.807) is 0 Å². The average Bonchev–Trinajstić information content (AvgIpc) is 2.71. The molecule has 3 heteroatoms. The summed E-state index contributed by atoms with van der Waals surface area (Å²) in [5.41, 5.74) is 2.11. The number of carbonyl (C=O) groups excluding carboxylic acids is 1. The van der Waals surface area contributed by atoms with Crippen LogP contribution in [0.5, 0.6) is 0 Å². The molecule has 0 spiro atoms. The number of Topliss-reactive ketones (excluding diaryl/α,β-unsaturated/α-hetero) is 1. The van der Waals surface area contributed by atoms with E-state index in [2.05, 4.69) is 0 Å². The topological polar surface area (TPSA) is 17.1 Å². The highest BCUT2D eigenvalue weighted by Crippen LogP contribution is 2.15. The summed E-state index contributed by atoms with van der Waals surface area (Å²) in [6.07, 6.45) is 2.65. The van der Waals surface area contributed by atoms with Gasteiger partial charge in [-0.1, -0.05) is 29.8 Å². The Hall–Kier alpha value is -0.280. The second-order valence-electron chi connectivity index (χ2n) is 4.16. The third-order valence-corrected chi connectivity index (χ3v) is 5.23. The molecule has 0 bridgehead atoms. The average molecular weight is 301 g/mol. The fourth-order valence-corrected chi connectivity index (χ4v) is 4.12. The van der Waals surface area contributed by atoms with Crippen LogP contribution in [0.15, 0.2) is 24.3 Å². The third-order valence-electron chi connectivity index (χ3n) is 2.82. The minimum atomic E-state index is 0. The summed E-state index contributed by atoms with van der Waals surface area (Å²) >= 11 is 0. The van der Waals surface area contributed by atoms with Gasteiger partial charge >= 0.3 is 0 Å². The van der Waals surface area contributed by atoms with Gasteiger partial charge in [-0.2, -0.15) is 0 Å². The van der Waals surface area contributed by atoms with Crippen molar-refractivity contribution in [2.75, 3.05) is 17.3 Å². The summed E-state index contributed by atoms with van der Waals surface area (Å²) in [6.45, 7) is 2.05. The van der Waals surface area contributed by atoms with Gasteiger partial charge in [0, 0.05) is 5.56 Å². The van der Waals surface area contributed by atoms with Gasteiger partial charge in [-0.3, -0.25) is 4.79 Å². The molecule has 1 aliphatic heterocycles. The van der Waals surface area contributed by atoms with Crippen molar-refractivity contribution in [1.82, 2.24) is 0 Å². The Balaban J connectivity index is 0.00000128. The standard InChI is InChI=1S/C13H17OS.BrH/c1-11-4-6-12(7-5-11)13(14)10-15-8-2-3-9-15;/h4-7H,2-3,8-10H2,1H3;1H/q+1;/p-1. The molecule has 16 heavy (non-hydrogen) atoms. The summed E-state index contributed by atoms with van der Waals surface area (Å²) in [4.78, 5) is 11.9. The van der Waals surface area contributed by atoms with Crippen molar-refractivity contribution >= 4 is 16.7 Å². The predicted molar refractivity (Wildman–Crippen MR) is 66.7 cm³/mol. The maximum absolute atomic E-state index is 11.9. The summed E-state index contributed by atoms with van der Waals surface area (Å²) in [7, 11) is 0.387. The second-order valence-corrected chi connectivity index (χ2v) is 6.49. The molecule has 1 aromatic rings. The van der Waals surface area contributed by atoms with Crippen molar-refractivity contribution < 1.29 is 21.8 Å². The Morgan fingerprint density at radius 3 is 2.31 bits per heavy atom. The number of benzene rings is 1. The quantitative estimate of drug-likeness (QED) is 0.548. The molecule has 0 saturated carbocycles. The molecular weight excluding hydrogens is 284 g/mol. The van der Waals surface area contributed by atoms with E-state index in [1.165, 1.54) is 29.9 Å². The van der Waals surface area contributed by atoms with Gasteiger partial charge in [-0.05, 0) is 30.7 Å². The summed E-state index contributed by atoms with van der Waals surface area (Å²) in [6, 6.07) is 7.95. The van der Waals surface area contributed by atoms with Crippen molar-refractivity contribution in [2.24, 2.45) is 0 Å². The van der Waals surface area contributed by atoms with Crippen LogP contribution in [0, 0.1) is 6.92 Å². The van der Waals surface area contributed by atoms with Crippen molar-refractivity contribution in [2.45, 2.75) is 19.8 Å².